The van der Waals surface area contributed by atoms with Gasteiger partial charge in [-0.25, -0.2) is 4.39 Å². The second-order valence-electron chi connectivity index (χ2n) is 8.46. The number of carbonyl (C=O) groups excluding carboxylic acids is 2. The van der Waals surface area contributed by atoms with Crippen molar-refractivity contribution in [2.45, 2.75) is 25.3 Å². The van der Waals surface area contributed by atoms with Gasteiger partial charge in [0.25, 0.3) is 5.91 Å². The number of hydrogen-bond donors (Lipinski definition) is 1. The van der Waals surface area contributed by atoms with Gasteiger partial charge in [-0.3, -0.25) is 9.59 Å². The molecule has 0 aromatic heterocycles. The lowest BCUT2D eigenvalue weighted by Gasteiger charge is -2.42. The first-order valence-electron chi connectivity index (χ1n) is 11.7. The van der Waals surface area contributed by atoms with Crippen LogP contribution in [0.2, 0.25) is 0 Å². The van der Waals surface area contributed by atoms with Crippen LogP contribution in [0.25, 0.3) is 0 Å². The van der Waals surface area contributed by atoms with Crippen molar-refractivity contribution in [2.24, 2.45) is 0 Å². The number of carbonyl (C=O) groups is 2. The first-order chi connectivity index (χ1) is 17.4. The van der Waals surface area contributed by atoms with Gasteiger partial charge in [-0.2, -0.15) is 0 Å². The van der Waals surface area contributed by atoms with Crippen LogP contribution in [0.4, 0.5) is 10.1 Å². The standard InChI is InChI=1S/C28H29FN2O5/c1-5-14-31-25(17-15-22(34-2)26(36-4)23(16-17)35-3)24(20-8-6-7-9-21(20)28(31)33)27(32)30-19-12-10-18(29)11-13-19/h6-13,15-16,24-25H,5,14H2,1-4H3,(H,30,32). The van der Waals surface area contributed by atoms with Crippen LogP contribution in [-0.2, 0) is 4.79 Å². The van der Waals surface area contributed by atoms with E-state index >= 15 is 0 Å². The van der Waals surface area contributed by atoms with Crippen LogP contribution < -0.4 is 19.5 Å². The molecule has 36 heavy (non-hydrogen) atoms. The van der Waals surface area contributed by atoms with E-state index < -0.39 is 17.8 Å². The Labute approximate surface area is 209 Å². The molecule has 0 fully saturated rings. The number of nitrogens with one attached hydrogen (secondary N) is 1. The van der Waals surface area contributed by atoms with E-state index in [-0.39, 0.29) is 11.8 Å². The molecule has 0 saturated heterocycles. The summed E-state index contributed by atoms with van der Waals surface area (Å²) in [7, 11) is 4.55. The second kappa shape index (κ2) is 10.7. The number of benzene rings is 3. The number of amides is 2. The van der Waals surface area contributed by atoms with Crippen LogP contribution in [0, 0.1) is 5.82 Å². The minimum atomic E-state index is -0.752. The van der Waals surface area contributed by atoms with Gasteiger partial charge >= 0.3 is 0 Å². The number of ether oxygens (including phenoxy) is 3. The summed E-state index contributed by atoms with van der Waals surface area (Å²) in [6, 6.07) is 15.6. The molecule has 0 bridgehead atoms. The first-order valence-corrected chi connectivity index (χ1v) is 11.7. The molecule has 0 saturated carbocycles. The quantitative estimate of drug-likeness (QED) is 0.469. The Balaban J connectivity index is 1.90. The summed E-state index contributed by atoms with van der Waals surface area (Å²) in [5.74, 6) is -0.358. The zero-order valence-electron chi connectivity index (χ0n) is 20.7. The summed E-state index contributed by atoms with van der Waals surface area (Å²) in [4.78, 5) is 29.2. The van der Waals surface area contributed by atoms with Crippen LogP contribution >= 0.6 is 0 Å². The highest BCUT2D eigenvalue weighted by molar-refractivity contribution is 6.04. The molecular weight excluding hydrogens is 463 g/mol. The fourth-order valence-corrected chi connectivity index (χ4v) is 4.76. The van der Waals surface area contributed by atoms with E-state index in [1.807, 2.05) is 13.0 Å². The molecule has 1 heterocycles. The first kappa shape index (κ1) is 25.0. The van der Waals surface area contributed by atoms with Crippen LogP contribution in [-0.4, -0.2) is 44.6 Å². The van der Waals surface area contributed by atoms with Gasteiger partial charge in [0.05, 0.1) is 33.3 Å². The van der Waals surface area contributed by atoms with Gasteiger partial charge in [0, 0.05) is 17.8 Å². The number of hydrogen-bond acceptors (Lipinski definition) is 5. The smallest absolute Gasteiger partial charge is 0.254 e. The molecule has 1 aliphatic rings. The summed E-state index contributed by atoms with van der Waals surface area (Å²) in [6.45, 7) is 2.42. The van der Waals surface area contributed by atoms with E-state index in [9.17, 15) is 14.0 Å². The molecule has 1 N–H and O–H groups in total. The van der Waals surface area contributed by atoms with Crippen LogP contribution in [0.3, 0.4) is 0 Å². The Morgan fingerprint density at radius 3 is 2.19 bits per heavy atom. The van der Waals surface area contributed by atoms with Crippen LogP contribution in [0.5, 0.6) is 17.2 Å². The van der Waals surface area contributed by atoms with Gasteiger partial charge in [0.15, 0.2) is 11.5 Å². The minimum absolute atomic E-state index is 0.156. The van der Waals surface area contributed by atoms with Crippen molar-refractivity contribution in [3.8, 4) is 17.2 Å². The number of rotatable bonds is 8. The third-order valence-electron chi connectivity index (χ3n) is 6.33. The molecule has 8 heteroatoms. The molecule has 188 valence electrons. The molecule has 1 aliphatic heterocycles. The van der Waals surface area contributed by atoms with E-state index in [0.717, 1.165) is 0 Å². The lowest BCUT2D eigenvalue weighted by atomic mass is 9.78. The maximum Gasteiger partial charge on any atom is 0.254 e. The summed E-state index contributed by atoms with van der Waals surface area (Å²) < 4.78 is 30.0. The monoisotopic (exact) mass is 492 g/mol. The molecule has 0 radical (unpaired) electrons. The van der Waals surface area contributed by atoms with E-state index in [1.54, 1.807) is 35.2 Å². The zero-order chi connectivity index (χ0) is 25.8. The van der Waals surface area contributed by atoms with Crippen molar-refractivity contribution in [3.05, 3.63) is 83.2 Å². The highest BCUT2D eigenvalue weighted by Crippen LogP contribution is 2.47. The summed E-state index contributed by atoms with van der Waals surface area (Å²) in [5, 5.41) is 2.91. The number of nitrogens with zero attached hydrogens (tertiary/aromatic N) is 1. The van der Waals surface area contributed by atoms with Gasteiger partial charge in [-0.15, -0.1) is 0 Å². The molecule has 0 aliphatic carbocycles. The van der Waals surface area contributed by atoms with Gasteiger partial charge < -0.3 is 24.4 Å². The van der Waals surface area contributed by atoms with E-state index in [4.69, 9.17) is 14.2 Å². The topological polar surface area (TPSA) is 77.1 Å². The highest BCUT2D eigenvalue weighted by Gasteiger charge is 2.44. The number of halogens is 1. The van der Waals surface area contributed by atoms with E-state index in [0.29, 0.717) is 52.6 Å². The van der Waals surface area contributed by atoms with E-state index in [2.05, 4.69) is 5.32 Å². The second-order valence-corrected chi connectivity index (χ2v) is 8.46. The molecule has 2 atom stereocenters. The Hall–Kier alpha value is -4.07. The predicted octanol–water partition coefficient (Wildman–Crippen LogP) is 5.18. The molecule has 2 unspecified atom stereocenters. The molecule has 7 nitrogen and oxygen atoms in total. The third kappa shape index (κ3) is 4.58. The molecular formula is C28H29FN2O5. The van der Waals surface area contributed by atoms with Gasteiger partial charge in [0.1, 0.15) is 5.82 Å². The van der Waals surface area contributed by atoms with Crippen LogP contribution in [0.15, 0.2) is 60.7 Å². The van der Waals surface area contributed by atoms with Gasteiger partial charge in [-0.1, -0.05) is 25.1 Å². The molecule has 2 amide bonds. The Bertz CT molecular complexity index is 1240. The van der Waals surface area contributed by atoms with Gasteiger partial charge in [-0.05, 0) is 60.0 Å². The fourth-order valence-electron chi connectivity index (χ4n) is 4.76. The van der Waals surface area contributed by atoms with Crippen molar-refractivity contribution in [3.63, 3.8) is 0 Å². The highest BCUT2D eigenvalue weighted by atomic mass is 19.1. The van der Waals surface area contributed by atoms with Crippen molar-refractivity contribution < 1.29 is 28.2 Å². The molecule has 0 spiro atoms. The summed E-state index contributed by atoms with van der Waals surface area (Å²) >= 11 is 0. The Kier molecular flexibility index (Phi) is 7.43. The minimum Gasteiger partial charge on any atom is -0.493 e. The van der Waals surface area contributed by atoms with Crippen molar-refractivity contribution >= 4 is 17.5 Å². The molecule has 3 aromatic rings. The van der Waals surface area contributed by atoms with Crippen molar-refractivity contribution in [2.75, 3.05) is 33.2 Å². The predicted molar refractivity (Wildman–Crippen MR) is 134 cm³/mol. The summed E-state index contributed by atoms with van der Waals surface area (Å²) in [6.07, 6.45) is 0.696. The Morgan fingerprint density at radius 2 is 1.61 bits per heavy atom. The average Bonchev–Trinajstić information content (AvgIpc) is 2.90. The lowest BCUT2D eigenvalue weighted by molar-refractivity contribution is -0.119. The van der Waals surface area contributed by atoms with Crippen molar-refractivity contribution in [1.82, 2.24) is 4.90 Å². The maximum atomic E-state index is 13.9. The maximum absolute atomic E-state index is 13.9. The van der Waals surface area contributed by atoms with Gasteiger partial charge in [0.2, 0.25) is 11.7 Å². The molecule has 4 rings (SSSR count). The SMILES string of the molecule is CCCN1C(=O)c2ccccc2C(C(=O)Nc2ccc(F)cc2)C1c1cc(OC)c(OC)c(OC)c1. The number of methoxy groups -OCH3 is 3. The van der Waals surface area contributed by atoms with Crippen molar-refractivity contribution in [1.29, 1.82) is 0 Å². The zero-order valence-corrected chi connectivity index (χ0v) is 20.7. The fraction of sp³-hybridized carbons (Fsp3) is 0.286. The van der Waals surface area contributed by atoms with Crippen LogP contribution in [0.1, 0.15) is 46.8 Å². The molecule has 3 aromatic carbocycles. The number of fused-ring (bicyclic) bond motifs is 1. The normalized spacial score (nSPS) is 16.8. The lowest BCUT2D eigenvalue weighted by Crippen LogP contribution is -2.46. The number of anilines is 1. The summed E-state index contributed by atoms with van der Waals surface area (Å²) in [5.41, 5.74) is 2.23. The average molecular weight is 493 g/mol. The largest absolute Gasteiger partial charge is 0.493 e. The van der Waals surface area contributed by atoms with E-state index in [1.165, 1.54) is 45.6 Å². The Morgan fingerprint density at radius 1 is 0.972 bits per heavy atom. The third-order valence-corrected chi connectivity index (χ3v) is 6.33.